The fraction of sp³-hybridized carbons (Fsp3) is 0.538. The number of hydrogen-bond acceptors (Lipinski definition) is 4. The molecule has 6 heteroatoms. The van der Waals surface area contributed by atoms with Crippen LogP contribution in [0.2, 0.25) is 0 Å². The molecule has 1 aromatic carbocycles. The van der Waals surface area contributed by atoms with Crippen molar-refractivity contribution in [3.05, 3.63) is 29.8 Å². The molecule has 1 rings (SSSR count). The van der Waals surface area contributed by atoms with Gasteiger partial charge in [0.2, 0.25) is 10.0 Å². The molecule has 0 saturated carbocycles. The van der Waals surface area contributed by atoms with Crippen LogP contribution >= 0.6 is 0 Å². The molecular weight excluding hydrogens is 266 g/mol. The molecule has 0 fully saturated rings. The lowest BCUT2D eigenvalue weighted by Crippen LogP contribution is -2.35. The van der Waals surface area contributed by atoms with Crippen LogP contribution in [0.3, 0.4) is 0 Å². The Hall–Kier alpha value is -0.950. The molecule has 1 aromatic rings. The summed E-state index contributed by atoms with van der Waals surface area (Å²) in [6.45, 7) is 4.57. The molecule has 2 N–H and O–H groups in total. The summed E-state index contributed by atoms with van der Waals surface area (Å²) in [6.07, 6.45) is 0.522. The second-order valence-electron chi connectivity index (χ2n) is 4.30. The Morgan fingerprint density at radius 1 is 1.32 bits per heavy atom. The number of ether oxygens (including phenoxy) is 1. The van der Waals surface area contributed by atoms with Crippen molar-refractivity contribution in [2.45, 2.75) is 31.2 Å². The minimum absolute atomic E-state index is 0.0513. The Morgan fingerprint density at radius 3 is 2.47 bits per heavy atom. The molecule has 0 saturated heterocycles. The van der Waals surface area contributed by atoms with Crippen molar-refractivity contribution < 1.29 is 18.3 Å². The van der Waals surface area contributed by atoms with E-state index in [9.17, 15) is 8.42 Å². The number of nitrogens with one attached hydrogen (secondary N) is 1. The van der Waals surface area contributed by atoms with Crippen LogP contribution in [-0.2, 0) is 21.2 Å². The highest BCUT2D eigenvalue weighted by molar-refractivity contribution is 7.89. The minimum atomic E-state index is -3.51. The third-order valence-electron chi connectivity index (χ3n) is 2.56. The van der Waals surface area contributed by atoms with Gasteiger partial charge in [0, 0.05) is 19.3 Å². The van der Waals surface area contributed by atoms with E-state index in [0.717, 1.165) is 5.56 Å². The van der Waals surface area contributed by atoms with Crippen LogP contribution in [0.4, 0.5) is 0 Å². The molecule has 0 aliphatic rings. The average molecular weight is 287 g/mol. The van der Waals surface area contributed by atoms with Gasteiger partial charge in [0.15, 0.2) is 0 Å². The summed E-state index contributed by atoms with van der Waals surface area (Å²) in [5.41, 5.74) is 0.906. The molecule has 5 nitrogen and oxygen atoms in total. The quantitative estimate of drug-likeness (QED) is 0.745. The zero-order valence-electron chi connectivity index (χ0n) is 11.3. The fourth-order valence-electron chi connectivity index (χ4n) is 1.63. The summed E-state index contributed by atoms with van der Waals surface area (Å²) in [4.78, 5) is 0.220. The van der Waals surface area contributed by atoms with E-state index in [1.165, 1.54) is 0 Å². The number of aliphatic hydroxyl groups excluding tert-OH is 1. The van der Waals surface area contributed by atoms with Crippen LogP contribution in [-0.4, -0.2) is 39.4 Å². The summed E-state index contributed by atoms with van der Waals surface area (Å²) in [7, 11) is -3.51. The van der Waals surface area contributed by atoms with Crippen molar-refractivity contribution in [3.8, 4) is 0 Å². The first-order chi connectivity index (χ1) is 8.99. The number of benzene rings is 1. The summed E-state index contributed by atoms with van der Waals surface area (Å²) >= 11 is 0. The van der Waals surface area contributed by atoms with E-state index < -0.39 is 10.0 Å². The van der Waals surface area contributed by atoms with Gasteiger partial charge in [-0.1, -0.05) is 12.1 Å². The maximum absolute atomic E-state index is 12.1. The number of sulfonamides is 1. The summed E-state index contributed by atoms with van der Waals surface area (Å²) in [5, 5.41) is 8.81. The van der Waals surface area contributed by atoms with Crippen molar-refractivity contribution in [2.24, 2.45) is 0 Å². The minimum Gasteiger partial charge on any atom is -0.396 e. The van der Waals surface area contributed by atoms with Crippen LogP contribution in [0.5, 0.6) is 0 Å². The monoisotopic (exact) mass is 287 g/mol. The molecule has 108 valence electrons. The van der Waals surface area contributed by atoms with Gasteiger partial charge < -0.3 is 9.84 Å². The van der Waals surface area contributed by atoms with E-state index in [-0.39, 0.29) is 17.5 Å². The third kappa shape index (κ3) is 5.28. The largest absolute Gasteiger partial charge is 0.396 e. The zero-order chi connectivity index (χ0) is 14.3. The van der Waals surface area contributed by atoms with Gasteiger partial charge in [-0.15, -0.1) is 0 Å². The molecule has 0 heterocycles. The summed E-state index contributed by atoms with van der Waals surface area (Å²) < 4.78 is 31.8. The average Bonchev–Trinajstić information content (AvgIpc) is 2.37. The van der Waals surface area contributed by atoms with E-state index in [0.29, 0.717) is 19.6 Å². The Morgan fingerprint density at radius 2 is 1.95 bits per heavy atom. The smallest absolute Gasteiger partial charge is 0.240 e. The standard InChI is InChI=1S/C13H21NO4S/c1-3-18-10-11(2)14-19(16,17)13-6-4-12(5-7-13)8-9-15/h4-7,11,14-15H,3,8-10H2,1-2H3. The van der Waals surface area contributed by atoms with Crippen LogP contribution in [0, 0.1) is 0 Å². The Balaban J connectivity index is 2.71. The molecule has 0 spiro atoms. The van der Waals surface area contributed by atoms with Crippen LogP contribution in [0.1, 0.15) is 19.4 Å². The van der Waals surface area contributed by atoms with Crippen LogP contribution < -0.4 is 4.72 Å². The number of rotatable bonds is 8. The van der Waals surface area contributed by atoms with Gasteiger partial charge in [-0.2, -0.15) is 0 Å². The van der Waals surface area contributed by atoms with Crippen molar-refractivity contribution in [2.75, 3.05) is 19.8 Å². The van der Waals surface area contributed by atoms with E-state index in [1.807, 2.05) is 6.92 Å². The maximum atomic E-state index is 12.1. The SMILES string of the molecule is CCOCC(C)NS(=O)(=O)c1ccc(CCO)cc1. The Bertz CT molecular complexity index is 470. The predicted molar refractivity (Wildman–Crippen MR) is 73.5 cm³/mol. The topological polar surface area (TPSA) is 75.6 Å². The van der Waals surface area contributed by atoms with Gasteiger partial charge in [-0.3, -0.25) is 0 Å². The third-order valence-corrected chi connectivity index (χ3v) is 4.17. The molecule has 0 aliphatic heterocycles. The Kier molecular flexibility index (Phi) is 6.44. The highest BCUT2D eigenvalue weighted by Crippen LogP contribution is 2.11. The second-order valence-corrected chi connectivity index (χ2v) is 6.01. The van der Waals surface area contributed by atoms with Crippen molar-refractivity contribution in [1.82, 2.24) is 4.72 Å². The first-order valence-corrected chi connectivity index (χ1v) is 7.77. The van der Waals surface area contributed by atoms with E-state index >= 15 is 0 Å². The first-order valence-electron chi connectivity index (χ1n) is 6.29. The van der Waals surface area contributed by atoms with Crippen molar-refractivity contribution in [3.63, 3.8) is 0 Å². The lowest BCUT2D eigenvalue weighted by atomic mass is 10.2. The molecule has 0 radical (unpaired) electrons. The number of hydrogen-bond donors (Lipinski definition) is 2. The lowest BCUT2D eigenvalue weighted by Gasteiger charge is -2.14. The highest BCUT2D eigenvalue weighted by Gasteiger charge is 2.17. The van der Waals surface area contributed by atoms with Crippen LogP contribution in [0.25, 0.3) is 0 Å². The summed E-state index contributed by atoms with van der Waals surface area (Å²) in [5.74, 6) is 0. The summed E-state index contributed by atoms with van der Waals surface area (Å²) in [6, 6.07) is 6.22. The molecule has 1 atom stereocenters. The highest BCUT2D eigenvalue weighted by atomic mass is 32.2. The first kappa shape index (κ1) is 16.1. The molecule has 1 unspecified atom stereocenters. The fourth-order valence-corrected chi connectivity index (χ4v) is 2.85. The normalized spacial score (nSPS) is 13.4. The zero-order valence-corrected chi connectivity index (χ0v) is 12.1. The molecular formula is C13H21NO4S. The molecule has 0 aliphatic carbocycles. The van der Waals surface area contributed by atoms with Gasteiger partial charge in [0.1, 0.15) is 0 Å². The van der Waals surface area contributed by atoms with Gasteiger partial charge in [0.05, 0.1) is 11.5 Å². The van der Waals surface area contributed by atoms with Gasteiger partial charge in [-0.05, 0) is 38.0 Å². The predicted octanol–water partition coefficient (Wildman–Crippen LogP) is 0.925. The van der Waals surface area contributed by atoms with Crippen LogP contribution in [0.15, 0.2) is 29.2 Å². The Labute approximate surface area is 114 Å². The van der Waals surface area contributed by atoms with Gasteiger partial charge in [0.25, 0.3) is 0 Å². The molecule has 0 bridgehead atoms. The van der Waals surface area contributed by atoms with Gasteiger partial charge in [-0.25, -0.2) is 13.1 Å². The molecule has 0 amide bonds. The number of aliphatic hydroxyl groups is 1. The lowest BCUT2D eigenvalue weighted by molar-refractivity contribution is 0.133. The second kappa shape index (κ2) is 7.59. The van der Waals surface area contributed by atoms with Crippen molar-refractivity contribution in [1.29, 1.82) is 0 Å². The van der Waals surface area contributed by atoms with E-state index in [4.69, 9.17) is 9.84 Å². The van der Waals surface area contributed by atoms with E-state index in [1.54, 1.807) is 31.2 Å². The molecule has 0 aromatic heterocycles. The molecule has 19 heavy (non-hydrogen) atoms. The van der Waals surface area contributed by atoms with E-state index in [2.05, 4.69) is 4.72 Å². The maximum Gasteiger partial charge on any atom is 0.240 e. The van der Waals surface area contributed by atoms with Crippen molar-refractivity contribution >= 4 is 10.0 Å². The van der Waals surface area contributed by atoms with Gasteiger partial charge >= 0.3 is 0 Å².